The van der Waals surface area contributed by atoms with E-state index in [0.29, 0.717) is 0 Å². The number of rotatable bonds is 37. The van der Waals surface area contributed by atoms with Gasteiger partial charge in [-0.3, -0.25) is 0 Å². The highest BCUT2D eigenvalue weighted by atomic mass is 15.2. The van der Waals surface area contributed by atoms with Crippen molar-refractivity contribution in [2.75, 3.05) is 0 Å². The molecule has 0 unspecified atom stereocenters. The lowest BCUT2D eigenvalue weighted by atomic mass is 9.85. The van der Waals surface area contributed by atoms with Crippen molar-refractivity contribution in [1.82, 2.24) is 0 Å². The molecule has 0 aliphatic carbocycles. The maximum atomic E-state index is 13.1. The zero-order chi connectivity index (χ0) is 44.1. The SMILES string of the molecule is CCCCCCc1cc(C2=C(CCCCC)C(CCCCC)=C(c3cc(CCCCC)c(CCCCC)c(CCCCC)c3)[N+]2=[N-])cc(CCCCCC)c1CCCCCC. The van der Waals surface area contributed by atoms with Crippen LogP contribution in [0.5, 0.6) is 0 Å². The number of hydrogen-bond acceptors (Lipinski definition) is 0. The molecule has 0 bridgehead atoms. The summed E-state index contributed by atoms with van der Waals surface area (Å²) in [6.45, 7) is 18.7. The van der Waals surface area contributed by atoms with Gasteiger partial charge >= 0.3 is 0 Å². The highest BCUT2D eigenvalue weighted by Gasteiger charge is 2.36. The van der Waals surface area contributed by atoms with Crippen LogP contribution in [0, 0.1) is 0 Å². The van der Waals surface area contributed by atoms with E-state index >= 15 is 0 Å². The van der Waals surface area contributed by atoms with Crippen LogP contribution in [0.1, 0.15) is 286 Å². The summed E-state index contributed by atoms with van der Waals surface area (Å²) >= 11 is 0. The van der Waals surface area contributed by atoms with Crippen LogP contribution in [0.15, 0.2) is 35.4 Å². The largest absolute Gasteiger partial charge is 0.493 e. The Morgan fingerprint density at radius 3 is 0.820 bits per heavy atom. The minimum Gasteiger partial charge on any atom is -0.493 e. The van der Waals surface area contributed by atoms with E-state index in [1.807, 2.05) is 0 Å². The van der Waals surface area contributed by atoms with Crippen LogP contribution < -0.4 is 0 Å². The molecule has 1 heterocycles. The third-order valence-corrected chi connectivity index (χ3v) is 13.8. The zero-order valence-corrected chi connectivity index (χ0v) is 42.0. The first kappa shape index (κ1) is 52.9. The Hall–Kier alpha value is -2.48. The number of nitrogens with zero attached hydrogens (tertiary/aromatic N) is 2. The van der Waals surface area contributed by atoms with E-state index in [9.17, 15) is 5.53 Å². The minimum absolute atomic E-state index is 1.04. The van der Waals surface area contributed by atoms with Crippen LogP contribution in [-0.4, -0.2) is 4.70 Å². The van der Waals surface area contributed by atoms with Gasteiger partial charge in [0.2, 0.25) is 11.4 Å². The Bertz CT molecular complexity index is 1520. The van der Waals surface area contributed by atoms with Crippen molar-refractivity contribution in [2.45, 2.75) is 280 Å². The van der Waals surface area contributed by atoms with Gasteiger partial charge in [0.25, 0.3) is 0 Å². The molecule has 0 N–H and O–H groups in total. The second-order valence-electron chi connectivity index (χ2n) is 19.2. The summed E-state index contributed by atoms with van der Waals surface area (Å²) in [4.78, 5) is 0. The van der Waals surface area contributed by atoms with Crippen molar-refractivity contribution in [3.63, 3.8) is 0 Å². The number of allylic oxidation sites excluding steroid dienone is 2. The predicted molar refractivity (Wildman–Crippen MR) is 272 cm³/mol. The highest BCUT2D eigenvalue weighted by molar-refractivity contribution is 5.83. The maximum Gasteiger partial charge on any atom is 0.211 e. The van der Waals surface area contributed by atoms with Crippen LogP contribution in [0.25, 0.3) is 16.9 Å². The second kappa shape index (κ2) is 32.2. The van der Waals surface area contributed by atoms with E-state index < -0.39 is 0 Å². The van der Waals surface area contributed by atoms with Crippen LogP contribution in [0.2, 0.25) is 0 Å². The molecule has 2 aromatic rings. The van der Waals surface area contributed by atoms with Gasteiger partial charge in [-0.1, -0.05) is 177 Å². The van der Waals surface area contributed by atoms with Gasteiger partial charge < -0.3 is 5.53 Å². The molecule has 2 nitrogen and oxygen atoms in total. The fraction of sp³-hybridized carbons (Fsp3) is 0.729. The Morgan fingerprint density at radius 2 is 0.525 bits per heavy atom. The molecule has 0 amide bonds. The molecule has 0 radical (unpaired) electrons. The number of unbranched alkanes of at least 4 members (excludes halogenated alkanes) is 19. The van der Waals surface area contributed by atoms with Crippen molar-refractivity contribution in [1.29, 1.82) is 0 Å². The van der Waals surface area contributed by atoms with Gasteiger partial charge in [0.1, 0.15) is 0 Å². The fourth-order valence-corrected chi connectivity index (χ4v) is 10.2. The van der Waals surface area contributed by atoms with E-state index in [1.54, 1.807) is 38.1 Å². The van der Waals surface area contributed by atoms with Gasteiger partial charge in [-0.15, -0.1) is 0 Å². The van der Waals surface area contributed by atoms with Crippen LogP contribution in [0.3, 0.4) is 0 Å². The summed E-state index contributed by atoms with van der Waals surface area (Å²) < 4.78 is 1.76. The monoisotopic (exact) mass is 835 g/mol. The standard InChI is InChI=1S/C59H98N2/c1-9-17-25-33-38-50-46-53(47-51(39-34-26-18-10-2)55(50)41-35-27-19-11-3)59-57(43-32-24-16-8)56(42-31-23-15-7)58(61(59)60)52-44-48(36-28-20-12-4)54(40-30-22-14-6)49(45-52)37-29-21-13-5/h44-47H,9-43H2,1-8H3. The average molecular weight is 835 g/mol. The Kier molecular flexibility index (Phi) is 27.9. The smallest absolute Gasteiger partial charge is 0.211 e. The normalized spacial score (nSPS) is 13.1. The molecular weight excluding hydrogens is 737 g/mol. The molecule has 0 aromatic heterocycles. The second-order valence-corrected chi connectivity index (χ2v) is 19.2. The van der Waals surface area contributed by atoms with Crippen molar-refractivity contribution in [3.05, 3.63) is 85.5 Å². The lowest BCUT2D eigenvalue weighted by molar-refractivity contribution is -0.345. The van der Waals surface area contributed by atoms with E-state index in [0.717, 1.165) is 49.9 Å². The molecule has 61 heavy (non-hydrogen) atoms. The van der Waals surface area contributed by atoms with Crippen molar-refractivity contribution < 1.29 is 4.70 Å². The van der Waals surface area contributed by atoms with Crippen LogP contribution >= 0.6 is 0 Å². The lowest BCUT2D eigenvalue weighted by Crippen LogP contribution is -2.09. The first-order chi connectivity index (χ1) is 29.9. The Labute approximate surface area is 380 Å². The summed E-state index contributed by atoms with van der Waals surface area (Å²) in [6.07, 6.45) is 43.3. The number of hydrogen-bond donors (Lipinski definition) is 0. The molecule has 0 atom stereocenters. The summed E-state index contributed by atoms with van der Waals surface area (Å²) in [5, 5.41) is 0. The molecule has 1 aliphatic rings. The topological polar surface area (TPSA) is 25.3 Å². The van der Waals surface area contributed by atoms with E-state index in [1.165, 1.54) is 208 Å². The molecule has 0 spiro atoms. The molecule has 2 heteroatoms. The average Bonchev–Trinajstić information content (AvgIpc) is 3.53. The number of benzene rings is 2. The van der Waals surface area contributed by atoms with Gasteiger partial charge in [0.05, 0.1) is 0 Å². The van der Waals surface area contributed by atoms with Crippen molar-refractivity contribution in [3.8, 4) is 0 Å². The Morgan fingerprint density at radius 1 is 0.295 bits per heavy atom. The lowest BCUT2D eigenvalue weighted by Gasteiger charge is -2.20. The van der Waals surface area contributed by atoms with Crippen LogP contribution in [0.4, 0.5) is 0 Å². The molecule has 0 fully saturated rings. The zero-order valence-electron chi connectivity index (χ0n) is 42.0. The van der Waals surface area contributed by atoms with E-state index in [-0.39, 0.29) is 0 Å². The van der Waals surface area contributed by atoms with Gasteiger partial charge in [-0.05, 0) is 160 Å². The molecule has 2 aromatic carbocycles. The first-order valence-electron chi connectivity index (χ1n) is 27.2. The maximum absolute atomic E-state index is 13.1. The summed E-state index contributed by atoms with van der Waals surface area (Å²) in [5.41, 5.74) is 30.4. The quantitative estimate of drug-likeness (QED) is 0.0479. The fourth-order valence-electron chi connectivity index (χ4n) is 10.2. The summed E-state index contributed by atoms with van der Waals surface area (Å²) in [5.74, 6) is 0. The Balaban J connectivity index is 2.36. The van der Waals surface area contributed by atoms with Crippen LogP contribution in [-0.2, 0) is 38.5 Å². The van der Waals surface area contributed by atoms with Crippen molar-refractivity contribution >= 4 is 11.4 Å². The minimum atomic E-state index is 1.04. The predicted octanol–water partition coefficient (Wildman–Crippen LogP) is 19.6. The van der Waals surface area contributed by atoms with Gasteiger partial charge in [-0.25, -0.2) is 4.70 Å². The molecule has 1 aliphatic heterocycles. The third kappa shape index (κ3) is 17.5. The number of aryl methyl sites for hydroxylation is 4. The first-order valence-corrected chi connectivity index (χ1v) is 27.2. The highest BCUT2D eigenvalue weighted by Crippen LogP contribution is 2.46. The van der Waals surface area contributed by atoms with E-state index in [2.05, 4.69) is 79.7 Å². The molecule has 3 rings (SSSR count). The summed E-state index contributed by atoms with van der Waals surface area (Å²) in [7, 11) is 0. The molecule has 0 saturated heterocycles. The van der Waals surface area contributed by atoms with Crippen molar-refractivity contribution in [2.24, 2.45) is 0 Å². The van der Waals surface area contributed by atoms with Gasteiger partial charge in [-0.2, -0.15) is 0 Å². The molecular formula is C59H98N2. The van der Waals surface area contributed by atoms with Gasteiger partial charge in [0.15, 0.2) is 0 Å². The van der Waals surface area contributed by atoms with E-state index in [4.69, 9.17) is 0 Å². The third-order valence-electron chi connectivity index (χ3n) is 13.8. The molecule has 344 valence electrons. The van der Waals surface area contributed by atoms with Gasteiger partial charge in [0, 0.05) is 22.3 Å². The molecule has 0 saturated carbocycles. The summed E-state index contributed by atoms with van der Waals surface area (Å²) in [6, 6.07) is 10.3.